The first-order chi connectivity index (χ1) is 16.1. The van der Waals surface area contributed by atoms with Gasteiger partial charge in [0.25, 0.3) is 0 Å². The van der Waals surface area contributed by atoms with Crippen LogP contribution in [-0.4, -0.2) is 67.4 Å². The summed E-state index contributed by atoms with van der Waals surface area (Å²) in [5, 5.41) is 3.46. The highest BCUT2D eigenvalue weighted by molar-refractivity contribution is 6.62. The van der Waals surface area contributed by atoms with Crippen molar-refractivity contribution in [2.24, 2.45) is 5.92 Å². The fourth-order valence-electron chi connectivity index (χ4n) is 6.80. The SMILES string of the molecule is C[C@@H]1CCN(C2CC(N3C(=O)C4(CCNCC4)c4ccc(B5OC(C)(C)C(C)(C)O5)cc43)C2)C1. The summed E-state index contributed by atoms with van der Waals surface area (Å²) in [5.74, 6) is 1.13. The summed E-state index contributed by atoms with van der Waals surface area (Å²) >= 11 is 0. The minimum atomic E-state index is -0.406. The number of likely N-dealkylation sites (tertiary alicyclic amines) is 1. The topological polar surface area (TPSA) is 54.0 Å². The number of amides is 1. The summed E-state index contributed by atoms with van der Waals surface area (Å²) in [6.07, 6.45) is 5.25. The molecule has 184 valence electrons. The van der Waals surface area contributed by atoms with Crippen LogP contribution in [-0.2, 0) is 19.5 Å². The average Bonchev–Trinajstić information content (AvgIpc) is 3.35. The number of hydrogen-bond acceptors (Lipinski definition) is 5. The summed E-state index contributed by atoms with van der Waals surface area (Å²) in [4.78, 5) is 19.0. The van der Waals surface area contributed by atoms with Crippen LogP contribution in [0.3, 0.4) is 0 Å². The Labute approximate surface area is 204 Å². The van der Waals surface area contributed by atoms with Crippen LogP contribution < -0.4 is 15.7 Å². The third-order valence-corrected chi connectivity index (χ3v) is 9.83. The van der Waals surface area contributed by atoms with E-state index in [9.17, 15) is 4.79 Å². The lowest BCUT2D eigenvalue weighted by molar-refractivity contribution is -0.125. The van der Waals surface area contributed by atoms with Gasteiger partial charge >= 0.3 is 7.12 Å². The lowest BCUT2D eigenvalue weighted by atomic mass is 9.72. The molecule has 0 aromatic heterocycles. The number of fused-ring (bicyclic) bond motifs is 2. The molecule has 1 aliphatic carbocycles. The molecule has 1 amide bonds. The van der Waals surface area contributed by atoms with E-state index in [1.807, 2.05) is 0 Å². The smallest absolute Gasteiger partial charge is 0.399 e. The second-order valence-electron chi connectivity index (χ2n) is 12.5. The quantitative estimate of drug-likeness (QED) is 0.696. The molecule has 4 aliphatic heterocycles. The zero-order valence-electron chi connectivity index (χ0n) is 21.5. The fraction of sp³-hybridized carbons (Fsp3) is 0.741. The second kappa shape index (κ2) is 7.80. The van der Waals surface area contributed by atoms with Gasteiger partial charge in [-0.15, -0.1) is 0 Å². The predicted octanol–water partition coefficient (Wildman–Crippen LogP) is 2.83. The van der Waals surface area contributed by atoms with E-state index in [1.165, 1.54) is 25.1 Å². The van der Waals surface area contributed by atoms with Gasteiger partial charge in [0.15, 0.2) is 0 Å². The molecule has 4 heterocycles. The van der Waals surface area contributed by atoms with E-state index in [4.69, 9.17) is 9.31 Å². The molecule has 0 unspecified atom stereocenters. The van der Waals surface area contributed by atoms with Crippen LogP contribution in [0, 0.1) is 5.92 Å². The number of anilines is 1. The average molecular weight is 465 g/mol. The van der Waals surface area contributed by atoms with Crippen LogP contribution in [0.15, 0.2) is 18.2 Å². The number of carbonyl (C=O) groups is 1. The van der Waals surface area contributed by atoms with Gasteiger partial charge in [0.05, 0.1) is 16.6 Å². The van der Waals surface area contributed by atoms with Gasteiger partial charge in [0, 0.05) is 24.3 Å². The number of rotatable bonds is 3. The van der Waals surface area contributed by atoms with E-state index in [0.717, 1.165) is 55.8 Å². The third kappa shape index (κ3) is 3.34. The van der Waals surface area contributed by atoms with Crippen LogP contribution >= 0.6 is 0 Å². The number of nitrogens with zero attached hydrogens (tertiary/aromatic N) is 2. The lowest BCUT2D eigenvalue weighted by Gasteiger charge is -2.46. The van der Waals surface area contributed by atoms with Gasteiger partial charge in [-0.05, 0) is 102 Å². The van der Waals surface area contributed by atoms with E-state index in [-0.39, 0.29) is 16.6 Å². The van der Waals surface area contributed by atoms with Gasteiger partial charge in [-0.2, -0.15) is 0 Å². The summed E-state index contributed by atoms with van der Waals surface area (Å²) in [6, 6.07) is 7.47. The Balaban J connectivity index is 1.31. The largest absolute Gasteiger partial charge is 0.494 e. The Morgan fingerprint density at radius 1 is 1.03 bits per heavy atom. The number of carbonyl (C=O) groups excluding carboxylic acids is 1. The van der Waals surface area contributed by atoms with Crippen molar-refractivity contribution >= 4 is 24.2 Å². The minimum Gasteiger partial charge on any atom is -0.399 e. The molecule has 1 N–H and O–H groups in total. The Kier molecular flexibility index (Phi) is 5.28. The van der Waals surface area contributed by atoms with Crippen molar-refractivity contribution in [3.05, 3.63) is 23.8 Å². The number of nitrogens with one attached hydrogen (secondary N) is 1. The van der Waals surface area contributed by atoms with Crippen LogP contribution in [0.25, 0.3) is 0 Å². The Bertz CT molecular complexity index is 967. The zero-order chi connectivity index (χ0) is 23.9. The molecule has 0 radical (unpaired) electrons. The van der Waals surface area contributed by atoms with Crippen molar-refractivity contribution in [3.63, 3.8) is 0 Å². The molecule has 1 spiro atoms. The summed E-state index contributed by atoms with van der Waals surface area (Å²) in [7, 11) is -0.406. The molecule has 1 saturated carbocycles. The molecule has 3 saturated heterocycles. The minimum absolute atomic E-state index is 0.301. The number of piperidine rings is 1. The maximum absolute atomic E-state index is 14.1. The van der Waals surface area contributed by atoms with Crippen molar-refractivity contribution in [3.8, 4) is 0 Å². The molecule has 1 aromatic carbocycles. The fourth-order valence-corrected chi connectivity index (χ4v) is 6.80. The molecular weight excluding hydrogens is 425 g/mol. The van der Waals surface area contributed by atoms with E-state index < -0.39 is 7.12 Å². The molecule has 6 rings (SSSR count). The first-order valence-electron chi connectivity index (χ1n) is 13.4. The van der Waals surface area contributed by atoms with Gasteiger partial charge in [-0.3, -0.25) is 9.69 Å². The van der Waals surface area contributed by atoms with Gasteiger partial charge in [0.2, 0.25) is 5.91 Å². The maximum atomic E-state index is 14.1. The van der Waals surface area contributed by atoms with E-state index in [1.54, 1.807) is 0 Å². The van der Waals surface area contributed by atoms with Gasteiger partial charge < -0.3 is 19.5 Å². The molecule has 0 bridgehead atoms. The summed E-state index contributed by atoms with van der Waals surface area (Å²) in [6.45, 7) is 14.9. The third-order valence-electron chi connectivity index (χ3n) is 9.83. The Hall–Kier alpha value is -1.41. The zero-order valence-corrected chi connectivity index (χ0v) is 21.5. The lowest BCUT2D eigenvalue weighted by Crippen LogP contribution is -2.57. The number of hydrogen-bond donors (Lipinski definition) is 1. The molecule has 5 aliphatic rings. The van der Waals surface area contributed by atoms with Crippen molar-refractivity contribution in [2.45, 2.75) is 95.4 Å². The van der Waals surface area contributed by atoms with Crippen LogP contribution in [0.2, 0.25) is 0 Å². The van der Waals surface area contributed by atoms with E-state index >= 15 is 0 Å². The van der Waals surface area contributed by atoms with Gasteiger partial charge in [-0.1, -0.05) is 19.1 Å². The Morgan fingerprint density at radius 2 is 1.71 bits per heavy atom. The van der Waals surface area contributed by atoms with Crippen LogP contribution in [0.1, 0.15) is 72.3 Å². The van der Waals surface area contributed by atoms with Crippen molar-refractivity contribution < 1.29 is 14.1 Å². The molecule has 34 heavy (non-hydrogen) atoms. The highest BCUT2D eigenvalue weighted by Crippen LogP contribution is 2.50. The van der Waals surface area contributed by atoms with Crippen molar-refractivity contribution in [1.82, 2.24) is 10.2 Å². The van der Waals surface area contributed by atoms with Crippen molar-refractivity contribution in [1.29, 1.82) is 0 Å². The molecule has 1 atom stereocenters. The first-order valence-corrected chi connectivity index (χ1v) is 13.4. The number of benzene rings is 1. The standard InChI is InChI=1S/C27H40BN3O3/c1-18-8-13-30(17-18)20-15-21(16-20)31-23-14-19(28-33-25(2,3)26(4,5)34-28)6-7-22(23)27(24(31)32)9-11-29-12-10-27/h6-7,14,18,20-21,29H,8-13,15-17H2,1-5H3/t18-,20?,21?/m1/s1. The first kappa shape index (κ1) is 23.0. The van der Waals surface area contributed by atoms with Crippen LogP contribution in [0.5, 0.6) is 0 Å². The summed E-state index contributed by atoms with van der Waals surface area (Å²) < 4.78 is 12.7. The second-order valence-corrected chi connectivity index (χ2v) is 12.5. The Morgan fingerprint density at radius 3 is 2.32 bits per heavy atom. The van der Waals surface area contributed by atoms with Gasteiger partial charge in [0.1, 0.15) is 0 Å². The highest BCUT2D eigenvalue weighted by atomic mass is 16.7. The molecular formula is C27H40BN3O3. The highest BCUT2D eigenvalue weighted by Gasteiger charge is 2.56. The monoisotopic (exact) mass is 465 g/mol. The molecule has 1 aromatic rings. The summed E-state index contributed by atoms with van der Waals surface area (Å²) in [5.41, 5.74) is 2.22. The molecule has 4 fully saturated rings. The maximum Gasteiger partial charge on any atom is 0.494 e. The van der Waals surface area contributed by atoms with Gasteiger partial charge in [-0.25, -0.2) is 0 Å². The molecule has 6 nitrogen and oxygen atoms in total. The van der Waals surface area contributed by atoms with E-state index in [0.29, 0.717) is 18.0 Å². The van der Waals surface area contributed by atoms with Crippen LogP contribution in [0.4, 0.5) is 5.69 Å². The molecule has 7 heteroatoms. The van der Waals surface area contributed by atoms with Crippen molar-refractivity contribution in [2.75, 3.05) is 31.1 Å². The van der Waals surface area contributed by atoms with E-state index in [2.05, 4.69) is 67.9 Å². The normalized spacial score (nSPS) is 34.0. The predicted molar refractivity (Wildman–Crippen MR) is 136 cm³/mol.